The Bertz CT molecular complexity index is 1060. The number of methoxy groups -OCH3 is 1. The molecule has 0 aliphatic carbocycles. The minimum absolute atomic E-state index is 0.0106. The van der Waals surface area contributed by atoms with E-state index in [0.717, 1.165) is 17.0 Å². The first-order valence-electron chi connectivity index (χ1n) is 10.1. The van der Waals surface area contributed by atoms with Gasteiger partial charge in [0.2, 0.25) is 16.0 Å². The van der Waals surface area contributed by atoms with Crippen LogP contribution in [0.25, 0.3) is 0 Å². The van der Waals surface area contributed by atoms with E-state index in [4.69, 9.17) is 17.3 Å². The van der Waals surface area contributed by atoms with E-state index in [0.29, 0.717) is 5.02 Å². The van der Waals surface area contributed by atoms with Gasteiger partial charge >= 0.3 is 0 Å². The summed E-state index contributed by atoms with van der Waals surface area (Å²) in [5, 5.41) is 2.96. The highest BCUT2D eigenvalue weighted by Gasteiger charge is 2.32. The van der Waals surface area contributed by atoms with Crippen LogP contribution in [0.3, 0.4) is 0 Å². The zero-order valence-electron chi connectivity index (χ0n) is 19.2. The summed E-state index contributed by atoms with van der Waals surface area (Å²) in [5.41, 5.74) is 6.02. The summed E-state index contributed by atoms with van der Waals surface area (Å²) in [5.74, 6) is -1.84. The molecule has 33 heavy (non-hydrogen) atoms. The number of ether oxygens (including phenoxy) is 1. The lowest BCUT2D eigenvalue weighted by atomic mass is 10.1. The minimum Gasteiger partial charge on any atom is -0.385 e. The summed E-state index contributed by atoms with van der Waals surface area (Å²) in [6.07, 6.45) is 1.33. The number of benzene rings is 1. The number of guanidine groups is 1. The van der Waals surface area contributed by atoms with E-state index in [1.54, 1.807) is 7.11 Å². The predicted molar refractivity (Wildman–Crippen MR) is 128 cm³/mol. The number of aliphatic imine (C=N–C) groups is 1. The number of rotatable bonds is 4. The van der Waals surface area contributed by atoms with Crippen molar-refractivity contribution in [3.05, 3.63) is 58.6 Å². The van der Waals surface area contributed by atoms with Gasteiger partial charge in [-0.3, -0.25) is 4.79 Å². The van der Waals surface area contributed by atoms with Crippen LogP contribution >= 0.6 is 11.6 Å². The Morgan fingerprint density at radius 1 is 1.33 bits per heavy atom. The maximum Gasteiger partial charge on any atom is 0.274 e. The van der Waals surface area contributed by atoms with Crippen LogP contribution in [0.4, 0.5) is 10.1 Å². The van der Waals surface area contributed by atoms with E-state index >= 15 is 0 Å². The average molecular weight is 502 g/mol. The van der Waals surface area contributed by atoms with E-state index in [1.807, 2.05) is 20.8 Å². The lowest BCUT2D eigenvalue weighted by Gasteiger charge is -2.27. The highest BCUT2D eigenvalue weighted by molar-refractivity contribution is 7.89. The summed E-state index contributed by atoms with van der Waals surface area (Å²) in [4.78, 5) is 20.2. The van der Waals surface area contributed by atoms with Crippen LogP contribution in [-0.2, 0) is 14.8 Å². The topological polar surface area (TPSA) is 127 Å². The molecule has 1 aromatic heterocycles. The van der Waals surface area contributed by atoms with E-state index < -0.39 is 33.5 Å². The molecule has 12 heteroatoms. The second-order valence-electron chi connectivity index (χ2n) is 6.38. The van der Waals surface area contributed by atoms with Crippen molar-refractivity contribution in [2.45, 2.75) is 26.8 Å². The molecule has 9 nitrogen and oxygen atoms in total. The zero-order chi connectivity index (χ0) is 25.2. The van der Waals surface area contributed by atoms with Crippen molar-refractivity contribution < 1.29 is 22.3 Å². The molecule has 0 spiro atoms. The standard InChI is InChI=1S/C16H15ClFN5O3S.C3H8O.C2H6/c1-23-16(19)22-14(8-27(23,25)26)11-6-10(3-4-12(11)18)21-15(24)13-5-2-9(17)7-20-13;1-3-4-2;1-2/h2-7,14H,8H2,1H3,(H2,19,22)(H,21,24);3H2,1-2H3;1-2H3/t14-;;/m0../s1. The van der Waals surface area contributed by atoms with Crippen LogP contribution in [0.1, 0.15) is 42.9 Å². The molecule has 3 N–H and O–H groups in total. The van der Waals surface area contributed by atoms with Gasteiger partial charge in [0.15, 0.2) is 0 Å². The third-order valence-electron chi connectivity index (χ3n) is 4.26. The van der Waals surface area contributed by atoms with Crippen molar-refractivity contribution >= 4 is 39.2 Å². The van der Waals surface area contributed by atoms with Gasteiger partial charge in [-0.15, -0.1) is 0 Å². The number of sulfonamides is 1. The van der Waals surface area contributed by atoms with Crippen molar-refractivity contribution in [3.8, 4) is 0 Å². The maximum atomic E-state index is 14.3. The molecular formula is C21H29ClFN5O4S. The molecule has 0 saturated heterocycles. The van der Waals surface area contributed by atoms with Crippen molar-refractivity contribution in [1.29, 1.82) is 0 Å². The number of nitrogens with zero attached hydrogens (tertiary/aromatic N) is 3. The van der Waals surface area contributed by atoms with Gasteiger partial charge in [0.25, 0.3) is 5.91 Å². The van der Waals surface area contributed by atoms with Gasteiger partial charge in [0.1, 0.15) is 11.5 Å². The molecule has 1 atom stereocenters. The van der Waals surface area contributed by atoms with Crippen molar-refractivity contribution in [3.63, 3.8) is 0 Å². The lowest BCUT2D eigenvalue weighted by molar-refractivity contribution is 0.102. The molecule has 0 unspecified atom stereocenters. The Kier molecular flexibility index (Phi) is 11.2. The summed E-state index contributed by atoms with van der Waals surface area (Å²) >= 11 is 5.73. The van der Waals surface area contributed by atoms with Crippen molar-refractivity contribution in [2.75, 3.05) is 31.8 Å². The minimum atomic E-state index is -3.71. The SMILES string of the molecule is CC.CCOC.CN1C(N)=N[C@H](c2cc(NC(=O)c3ccc(Cl)cn3)ccc2F)CS1(=O)=O. The van der Waals surface area contributed by atoms with Crippen LogP contribution in [-0.4, -0.2) is 56.1 Å². The Morgan fingerprint density at radius 3 is 2.48 bits per heavy atom. The van der Waals surface area contributed by atoms with Gasteiger partial charge in [-0.2, -0.15) is 0 Å². The first-order chi connectivity index (χ1) is 15.6. The molecule has 0 bridgehead atoms. The molecule has 3 rings (SSSR count). The number of nitrogens with two attached hydrogens (primary N) is 1. The summed E-state index contributed by atoms with van der Waals surface area (Å²) < 4.78 is 43.9. The fourth-order valence-electron chi connectivity index (χ4n) is 2.47. The van der Waals surface area contributed by atoms with E-state index in [2.05, 4.69) is 20.0 Å². The van der Waals surface area contributed by atoms with Gasteiger partial charge in [0.05, 0.1) is 16.8 Å². The van der Waals surface area contributed by atoms with E-state index in [1.165, 1.54) is 37.5 Å². The highest BCUT2D eigenvalue weighted by Crippen LogP contribution is 2.29. The quantitative estimate of drug-likeness (QED) is 0.660. The molecule has 1 aliphatic rings. The Balaban J connectivity index is 0.000000820. The first-order valence-corrected chi connectivity index (χ1v) is 12.1. The lowest BCUT2D eigenvalue weighted by Crippen LogP contribution is -2.45. The summed E-state index contributed by atoms with van der Waals surface area (Å²) in [6, 6.07) is 5.74. The van der Waals surface area contributed by atoms with Crippen LogP contribution in [0, 0.1) is 5.82 Å². The Hall–Kier alpha value is -2.76. The molecule has 1 aromatic carbocycles. The monoisotopic (exact) mass is 501 g/mol. The molecule has 1 amide bonds. The number of carbonyl (C=O) groups excluding carboxylic acids is 1. The molecule has 0 fully saturated rings. The largest absolute Gasteiger partial charge is 0.385 e. The van der Waals surface area contributed by atoms with Crippen LogP contribution in [0.15, 0.2) is 41.5 Å². The first kappa shape index (κ1) is 28.3. The molecule has 0 radical (unpaired) electrons. The number of aromatic nitrogens is 1. The van der Waals surface area contributed by atoms with Crippen LogP contribution < -0.4 is 11.1 Å². The number of anilines is 1. The van der Waals surface area contributed by atoms with Crippen molar-refractivity contribution in [2.24, 2.45) is 10.7 Å². The number of amides is 1. The Labute approximate surface area is 198 Å². The molecule has 1 aliphatic heterocycles. The fraction of sp³-hybridized carbons (Fsp3) is 0.381. The number of pyridine rings is 1. The number of carbonyl (C=O) groups is 1. The number of nitrogens with one attached hydrogen (secondary N) is 1. The number of hydrogen-bond acceptors (Lipinski definition) is 7. The van der Waals surface area contributed by atoms with E-state index in [9.17, 15) is 17.6 Å². The molecule has 2 heterocycles. The Morgan fingerprint density at radius 2 is 1.97 bits per heavy atom. The van der Waals surface area contributed by atoms with Crippen LogP contribution in [0.5, 0.6) is 0 Å². The highest BCUT2D eigenvalue weighted by atomic mass is 35.5. The average Bonchev–Trinajstić information content (AvgIpc) is 2.80. The molecule has 182 valence electrons. The number of hydrogen-bond donors (Lipinski definition) is 2. The molecule has 2 aromatic rings. The van der Waals surface area contributed by atoms with Gasteiger partial charge in [0, 0.05) is 38.2 Å². The van der Waals surface area contributed by atoms with Gasteiger partial charge in [-0.1, -0.05) is 25.4 Å². The van der Waals surface area contributed by atoms with Gasteiger partial charge in [-0.05, 0) is 37.3 Å². The third kappa shape index (κ3) is 7.95. The normalized spacial score (nSPS) is 16.4. The molecular weight excluding hydrogens is 473 g/mol. The van der Waals surface area contributed by atoms with Gasteiger partial charge < -0.3 is 15.8 Å². The number of halogens is 2. The summed E-state index contributed by atoms with van der Waals surface area (Å²) in [7, 11) is -0.752. The maximum absolute atomic E-state index is 14.3. The predicted octanol–water partition coefficient (Wildman–Crippen LogP) is 3.44. The summed E-state index contributed by atoms with van der Waals surface area (Å²) in [6.45, 7) is 6.78. The van der Waals surface area contributed by atoms with Crippen LogP contribution in [0.2, 0.25) is 5.02 Å². The van der Waals surface area contributed by atoms with E-state index in [-0.39, 0.29) is 22.9 Å². The zero-order valence-corrected chi connectivity index (χ0v) is 20.7. The second-order valence-corrected chi connectivity index (χ2v) is 8.86. The second kappa shape index (κ2) is 13.1. The molecule has 0 saturated carbocycles. The van der Waals surface area contributed by atoms with Gasteiger partial charge in [-0.25, -0.2) is 27.1 Å². The fourth-order valence-corrected chi connectivity index (χ4v) is 3.79. The smallest absolute Gasteiger partial charge is 0.274 e. The third-order valence-corrected chi connectivity index (χ3v) is 6.24. The van der Waals surface area contributed by atoms with Crippen molar-refractivity contribution in [1.82, 2.24) is 9.29 Å².